The molecule has 0 aromatic carbocycles. The molecule has 0 saturated heterocycles. The van der Waals surface area contributed by atoms with E-state index in [0.717, 1.165) is 0 Å². The second-order valence-corrected chi connectivity index (χ2v) is 3.90. The zero-order valence-corrected chi connectivity index (χ0v) is 10.1. The molecule has 1 heterocycles. The van der Waals surface area contributed by atoms with Gasteiger partial charge in [0, 0.05) is 5.56 Å². The van der Waals surface area contributed by atoms with Gasteiger partial charge in [-0.25, -0.2) is 14.8 Å². The van der Waals surface area contributed by atoms with Crippen LogP contribution in [0, 0.1) is 0 Å². The molecule has 0 aliphatic heterocycles. The summed E-state index contributed by atoms with van der Waals surface area (Å²) in [5, 5.41) is 0.371. The number of nitrogens with zero attached hydrogens (tertiary/aromatic N) is 2. The minimum Gasteiger partial charge on any atom is -0.463 e. The molecule has 0 radical (unpaired) electrons. The summed E-state index contributed by atoms with van der Waals surface area (Å²) in [6.45, 7) is 3.82. The molecule has 1 rings (SSSR count). The van der Waals surface area contributed by atoms with Gasteiger partial charge >= 0.3 is 5.97 Å². The van der Waals surface area contributed by atoms with E-state index >= 15 is 0 Å². The molecule has 0 atom stereocenters. The summed E-state index contributed by atoms with van der Waals surface area (Å²) in [4.78, 5) is 18.8. The van der Waals surface area contributed by atoms with Crippen LogP contribution in [-0.2, 0) is 4.74 Å². The van der Waals surface area contributed by atoms with E-state index in [1.54, 1.807) is 0 Å². The van der Waals surface area contributed by atoms with Gasteiger partial charge in [0.2, 0.25) is 5.82 Å². The Morgan fingerprint density at radius 2 is 1.73 bits per heavy atom. The van der Waals surface area contributed by atoms with Crippen molar-refractivity contribution in [3.8, 4) is 0 Å². The van der Waals surface area contributed by atoms with Crippen molar-refractivity contribution in [2.45, 2.75) is 19.8 Å². The Balaban J connectivity index is 3.25. The highest BCUT2D eigenvalue weighted by Crippen LogP contribution is 2.28. The maximum atomic E-state index is 11.1. The molecule has 1 aromatic rings. The number of hydrogen-bond acceptors (Lipinski definition) is 4. The fraction of sp³-hybridized carbons (Fsp3) is 0.444. The van der Waals surface area contributed by atoms with Crippen LogP contribution >= 0.6 is 23.2 Å². The van der Waals surface area contributed by atoms with E-state index in [1.807, 2.05) is 13.8 Å². The third-order valence-corrected chi connectivity index (χ3v) is 2.37. The zero-order chi connectivity index (χ0) is 11.6. The monoisotopic (exact) mass is 248 g/mol. The third-order valence-electron chi connectivity index (χ3n) is 1.80. The first-order chi connectivity index (χ1) is 6.97. The van der Waals surface area contributed by atoms with Crippen molar-refractivity contribution in [3.05, 3.63) is 21.7 Å². The standard InChI is InChI=1S/C9H10Cl2N2O2/c1-4(2)5-6(10)12-8(9(14)15-3)13-7(5)11/h4H,1-3H3. The van der Waals surface area contributed by atoms with Gasteiger partial charge < -0.3 is 4.74 Å². The van der Waals surface area contributed by atoms with Crippen molar-refractivity contribution in [2.75, 3.05) is 7.11 Å². The lowest BCUT2D eigenvalue weighted by atomic mass is 10.1. The Labute approximate surface area is 97.6 Å². The van der Waals surface area contributed by atoms with Gasteiger partial charge in [-0.05, 0) is 5.92 Å². The SMILES string of the molecule is COC(=O)c1nc(Cl)c(C(C)C)c(Cl)n1. The van der Waals surface area contributed by atoms with Gasteiger partial charge in [-0.1, -0.05) is 37.0 Å². The number of ether oxygens (including phenoxy) is 1. The number of halogens is 2. The minimum atomic E-state index is -0.658. The van der Waals surface area contributed by atoms with Gasteiger partial charge in [0.15, 0.2) is 0 Å². The van der Waals surface area contributed by atoms with Crippen molar-refractivity contribution in [1.29, 1.82) is 0 Å². The zero-order valence-electron chi connectivity index (χ0n) is 8.54. The van der Waals surface area contributed by atoms with E-state index in [1.165, 1.54) is 7.11 Å². The van der Waals surface area contributed by atoms with Crippen molar-refractivity contribution in [2.24, 2.45) is 0 Å². The second-order valence-electron chi connectivity index (χ2n) is 3.19. The normalized spacial score (nSPS) is 10.5. The van der Waals surface area contributed by atoms with Crippen LogP contribution in [0.25, 0.3) is 0 Å². The second kappa shape index (κ2) is 4.77. The summed E-state index contributed by atoms with van der Waals surface area (Å²) < 4.78 is 4.47. The predicted octanol–water partition coefficient (Wildman–Crippen LogP) is 2.69. The third kappa shape index (κ3) is 2.58. The van der Waals surface area contributed by atoms with Crippen molar-refractivity contribution >= 4 is 29.2 Å². The number of esters is 1. The number of aromatic nitrogens is 2. The van der Waals surface area contributed by atoms with Crippen molar-refractivity contribution in [3.63, 3.8) is 0 Å². The summed E-state index contributed by atoms with van der Waals surface area (Å²) in [7, 11) is 1.24. The number of carbonyl (C=O) groups excluding carboxylic acids is 1. The topological polar surface area (TPSA) is 52.1 Å². The first-order valence-electron chi connectivity index (χ1n) is 4.28. The molecule has 6 heteroatoms. The predicted molar refractivity (Wildman–Crippen MR) is 57.5 cm³/mol. The fourth-order valence-corrected chi connectivity index (χ4v) is 1.90. The quantitative estimate of drug-likeness (QED) is 0.597. The summed E-state index contributed by atoms with van der Waals surface area (Å²) in [6, 6.07) is 0. The first kappa shape index (κ1) is 12.2. The van der Waals surface area contributed by atoms with Crippen LogP contribution < -0.4 is 0 Å². The van der Waals surface area contributed by atoms with E-state index in [0.29, 0.717) is 5.56 Å². The van der Waals surface area contributed by atoms with Gasteiger partial charge in [0.05, 0.1) is 7.11 Å². The molecule has 15 heavy (non-hydrogen) atoms. The number of hydrogen-bond donors (Lipinski definition) is 0. The summed E-state index contributed by atoms with van der Waals surface area (Å²) in [5.41, 5.74) is 0.631. The van der Waals surface area contributed by atoms with Crippen molar-refractivity contribution < 1.29 is 9.53 Å². The van der Waals surface area contributed by atoms with E-state index in [9.17, 15) is 4.79 Å². The molecular weight excluding hydrogens is 239 g/mol. The molecule has 0 aliphatic rings. The molecule has 4 nitrogen and oxygen atoms in total. The lowest BCUT2D eigenvalue weighted by Crippen LogP contribution is -2.10. The largest absolute Gasteiger partial charge is 0.463 e. The average molecular weight is 249 g/mol. The fourth-order valence-electron chi connectivity index (χ4n) is 1.08. The summed E-state index contributed by atoms with van der Waals surface area (Å²) in [5.74, 6) is -0.692. The lowest BCUT2D eigenvalue weighted by molar-refractivity contribution is 0.0586. The maximum absolute atomic E-state index is 11.1. The summed E-state index contributed by atoms with van der Waals surface area (Å²) >= 11 is 11.8. The van der Waals surface area contributed by atoms with E-state index < -0.39 is 5.97 Å². The van der Waals surface area contributed by atoms with Gasteiger partial charge in [0.25, 0.3) is 0 Å². The van der Waals surface area contributed by atoms with Crippen LogP contribution in [0.3, 0.4) is 0 Å². The molecule has 0 unspecified atom stereocenters. The minimum absolute atomic E-state index is 0.0942. The van der Waals surface area contributed by atoms with Gasteiger partial charge in [-0.2, -0.15) is 0 Å². The van der Waals surface area contributed by atoms with E-state index in [2.05, 4.69) is 14.7 Å². The van der Waals surface area contributed by atoms with E-state index in [4.69, 9.17) is 23.2 Å². The number of rotatable bonds is 2. The van der Waals surface area contributed by atoms with Crippen LogP contribution in [-0.4, -0.2) is 23.0 Å². The van der Waals surface area contributed by atoms with Gasteiger partial charge in [-0.15, -0.1) is 0 Å². The molecular formula is C9H10Cl2N2O2. The highest BCUT2D eigenvalue weighted by atomic mass is 35.5. The molecule has 0 fully saturated rings. The Bertz CT molecular complexity index is 371. The Morgan fingerprint density at radius 3 is 2.07 bits per heavy atom. The Kier molecular flexibility index (Phi) is 3.88. The first-order valence-corrected chi connectivity index (χ1v) is 5.04. The summed E-state index contributed by atoms with van der Waals surface area (Å²) in [6.07, 6.45) is 0. The molecule has 0 bridgehead atoms. The van der Waals surface area contributed by atoms with Gasteiger partial charge in [0.1, 0.15) is 10.3 Å². The smallest absolute Gasteiger partial charge is 0.376 e. The van der Waals surface area contributed by atoms with Crippen LogP contribution in [0.5, 0.6) is 0 Å². The lowest BCUT2D eigenvalue weighted by Gasteiger charge is -2.09. The number of carbonyl (C=O) groups is 1. The highest BCUT2D eigenvalue weighted by molar-refractivity contribution is 6.34. The molecule has 1 aromatic heterocycles. The van der Waals surface area contributed by atoms with Crippen LogP contribution in [0.1, 0.15) is 35.9 Å². The molecule has 0 aliphatic carbocycles. The highest BCUT2D eigenvalue weighted by Gasteiger charge is 2.18. The van der Waals surface area contributed by atoms with Crippen LogP contribution in [0.4, 0.5) is 0 Å². The Morgan fingerprint density at radius 1 is 1.27 bits per heavy atom. The van der Waals surface area contributed by atoms with Crippen molar-refractivity contribution in [1.82, 2.24) is 9.97 Å². The molecule has 0 spiro atoms. The van der Waals surface area contributed by atoms with Crippen LogP contribution in [0.15, 0.2) is 0 Å². The Hall–Kier alpha value is -0.870. The number of methoxy groups -OCH3 is 1. The average Bonchev–Trinajstić information content (AvgIpc) is 2.14. The van der Waals surface area contributed by atoms with E-state index in [-0.39, 0.29) is 22.0 Å². The molecule has 0 N–H and O–H groups in total. The van der Waals surface area contributed by atoms with Crippen LogP contribution in [0.2, 0.25) is 10.3 Å². The maximum Gasteiger partial charge on any atom is 0.376 e. The molecule has 0 saturated carbocycles. The molecule has 82 valence electrons. The molecule has 0 amide bonds. The van der Waals surface area contributed by atoms with Gasteiger partial charge in [-0.3, -0.25) is 0 Å².